The Labute approximate surface area is 278 Å². The molecule has 1 amide bonds. The third kappa shape index (κ3) is 8.16. The number of nitrogens with zero attached hydrogens (tertiary/aromatic N) is 3. The molecular formula is C33H43ClN4O6SSi. The number of rotatable bonds is 12. The van der Waals surface area contributed by atoms with Gasteiger partial charge in [-0.15, -0.1) is 0 Å². The monoisotopic (exact) mass is 686 g/mol. The molecule has 10 nitrogen and oxygen atoms in total. The zero-order valence-electron chi connectivity index (χ0n) is 27.2. The second-order valence-corrected chi connectivity index (χ2v) is 20.3. The molecule has 13 heteroatoms. The number of carbonyl (C=O) groups excluding carboxylic acids is 1. The second-order valence-electron chi connectivity index (χ2n) is 13.2. The number of hydrogen-bond donors (Lipinski definition) is 1. The van der Waals surface area contributed by atoms with Crippen molar-refractivity contribution in [3.05, 3.63) is 93.0 Å². The summed E-state index contributed by atoms with van der Waals surface area (Å²) >= 11 is 6.57. The molecular weight excluding hydrogens is 644 g/mol. The van der Waals surface area contributed by atoms with E-state index in [-0.39, 0.29) is 28.8 Å². The molecule has 0 aliphatic carbocycles. The van der Waals surface area contributed by atoms with Crippen LogP contribution in [-0.2, 0) is 21.0 Å². The predicted octanol–water partition coefficient (Wildman–Crippen LogP) is 7.70. The molecule has 3 aromatic rings. The molecule has 1 atom stereocenters. The van der Waals surface area contributed by atoms with Crippen LogP contribution in [0.15, 0.2) is 71.6 Å². The Morgan fingerprint density at radius 3 is 2.30 bits per heavy atom. The van der Waals surface area contributed by atoms with Gasteiger partial charge in [-0.25, -0.2) is 8.42 Å². The van der Waals surface area contributed by atoms with Gasteiger partial charge in [-0.05, 0) is 79.9 Å². The number of nitro benzene ring substituents is 1. The normalized spacial score (nSPS) is 14.8. The zero-order valence-corrected chi connectivity index (χ0v) is 29.8. The summed E-state index contributed by atoms with van der Waals surface area (Å²) in [7, 11) is -6.38. The maximum absolute atomic E-state index is 14.1. The Morgan fingerprint density at radius 2 is 1.72 bits per heavy atom. The van der Waals surface area contributed by atoms with Crippen molar-refractivity contribution in [3.8, 4) is 0 Å². The predicted molar refractivity (Wildman–Crippen MR) is 186 cm³/mol. The number of anilines is 2. The summed E-state index contributed by atoms with van der Waals surface area (Å²) in [5.74, 6) is -0.412. The van der Waals surface area contributed by atoms with Gasteiger partial charge in [-0.2, -0.15) is 4.31 Å². The topological polar surface area (TPSA) is 122 Å². The highest BCUT2D eigenvalue weighted by molar-refractivity contribution is 7.89. The Balaban J connectivity index is 1.64. The van der Waals surface area contributed by atoms with Crippen molar-refractivity contribution in [3.63, 3.8) is 0 Å². The first-order valence-electron chi connectivity index (χ1n) is 15.4. The number of nitrogens with one attached hydrogen (secondary N) is 1. The van der Waals surface area contributed by atoms with Gasteiger partial charge in [-0.1, -0.05) is 50.6 Å². The van der Waals surface area contributed by atoms with Crippen molar-refractivity contribution < 1.29 is 22.6 Å². The molecule has 1 saturated heterocycles. The Kier molecular flexibility index (Phi) is 11.0. The van der Waals surface area contributed by atoms with E-state index in [2.05, 4.69) is 44.1 Å². The number of sulfonamides is 1. The third-order valence-corrected chi connectivity index (χ3v) is 15.7. The first-order valence-corrected chi connectivity index (χ1v) is 20.1. The van der Waals surface area contributed by atoms with Crippen LogP contribution < -0.4 is 10.2 Å². The SMILES string of the molecule is CC(CO[Si](C)(C)C(C)(C)C)N(Cc1ccccc1NC(=O)c1ccc(N2CCCC2)cc1Cl)S(=O)(=O)c1ccc([N+](=O)[O-])cc1. The van der Waals surface area contributed by atoms with Crippen LogP contribution in [0.3, 0.4) is 0 Å². The highest BCUT2D eigenvalue weighted by atomic mass is 35.5. The van der Waals surface area contributed by atoms with Crippen LogP contribution in [-0.4, -0.2) is 57.6 Å². The van der Waals surface area contributed by atoms with E-state index in [0.717, 1.165) is 31.6 Å². The Bertz CT molecular complexity index is 1670. The molecule has 248 valence electrons. The third-order valence-electron chi connectivity index (χ3n) is 8.90. The Morgan fingerprint density at radius 1 is 1.09 bits per heavy atom. The number of para-hydroxylation sites is 1. The van der Waals surface area contributed by atoms with E-state index in [1.807, 2.05) is 6.07 Å². The van der Waals surface area contributed by atoms with Gasteiger partial charge in [0.1, 0.15) is 0 Å². The minimum atomic E-state index is -4.15. The molecule has 0 spiro atoms. The van der Waals surface area contributed by atoms with Gasteiger partial charge >= 0.3 is 0 Å². The van der Waals surface area contributed by atoms with Crippen LogP contribution in [0.25, 0.3) is 0 Å². The number of amides is 1. The van der Waals surface area contributed by atoms with Crippen LogP contribution in [0.5, 0.6) is 0 Å². The number of halogens is 1. The van der Waals surface area contributed by atoms with Crippen molar-refractivity contribution in [2.45, 2.75) is 76.2 Å². The molecule has 3 aromatic carbocycles. The van der Waals surface area contributed by atoms with Crippen LogP contribution in [0, 0.1) is 10.1 Å². The Hall–Kier alpha value is -3.29. The first-order chi connectivity index (χ1) is 21.5. The number of hydrogen-bond acceptors (Lipinski definition) is 7. The van der Waals surface area contributed by atoms with E-state index in [4.69, 9.17) is 16.0 Å². The number of nitro groups is 1. The average molecular weight is 687 g/mol. The number of carbonyl (C=O) groups is 1. The molecule has 0 aromatic heterocycles. The summed E-state index contributed by atoms with van der Waals surface area (Å²) in [6.45, 7) is 14.3. The smallest absolute Gasteiger partial charge is 0.269 e. The van der Waals surface area contributed by atoms with Crippen LogP contribution in [0.1, 0.15) is 56.5 Å². The van der Waals surface area contributed by atoms with Crippen LogP contribution >= 0.6 is 11.6 Å². The number of non-ortho nitro benzene ring substituents is 1. The largest absolute Gasteiger partial charge is 0.415 e. The fourth-order valence-corrected chi connectivity index (χ4v) is 7.93. The molecule has 0 saturated carbocycles. The molecule has 1 aliphatic heterocycles. The van der Waals surface area contributed by atoms with E-state index in [9.17, 15) is 23.3 Å². The molecule has 1 N–H and O–H groups in total. The second kappa shape index (κ2) is 14.2. The minimum absolute atomic E-state index is 0.0799. The lowest BCUT2D eigenvalue weighted by Gasteiger charge is -2.38. The summed E-state index contributed by atoms with van der Waals surface area (Å²) < 4.78 is 36.0. The van der Waals surface area contributed by atoms with Gasteiger partial charge in [0.05, 0.1) is 27.0 Å². The van der Waals surface area contributed by atoms with E-state index in [0.29, 0.717) is 21.8 Å². The standard InChI is InChI=1S/C33H43ClN4O6SSi/c1-24(23-44-46(5,6)33(2,3)4)37(45(42,43)28-16-13-26(14-17-28)38(40)41)22-25-11-7-8-12-31(25)35-32(39)29-18-15-27(21-30(29)34)36-19-9-10-20-36/h7-8,11-18,21,24H,9-10,19-20,22-23H2,1-6H3,(H,35,39). The number of benzene rings is 3. The molecule has 1 aliphatic rings. The van der Waals surface area contributed by atoms with Gasteiger partial charge < -0.3 is 14.6 Å². The van der Waals surface area contributed by atoms with Crippen LogP contribution in [0.2, 0.25) is 23.2 Å². The summed E-state index contributed by atoms with van der Waals surface area (Å²) in [6, 6.07) is 16.6. The van der Waals surface area contributed by atoms with Crippen molar-refractivity contribution in [2.24, 2.45) is 0 Å². The van der Waals surface area contributed by atoms with E-state index in [1.54, 1.807) is 43.3 Å². The van der Waals surface area contributed by atoms with E-state index >= 15 is 0 Å². The van der Waals surface area contributed by atoms with Crippen molar-refractivity contribution in [1.82, 2.24) is 4.31 Å². The fraction of sp³-hybridized carbons (Fsp3) is 0.424. The van der Waals surface area contributed by atoms with Crippen molar-refractivity contribution in [1.29, 1.82) is 0 Å². The van der Waals surface area contributed by atoms with E-state index < -0.39 is 35.2 Å². The minimum Gasteiger partial charge on any atom is -0.415 e. The molecule has 4 rings (SSSR count). The average Bonchev–Trinajstić information content (AvgIpc) is 3.54. The quantitative estimate of drug-likeness (QED) is 0.118. The summed E-state index contributed by atoms with van der Waals surface area (Å²) in [6.07, 6.45) is 2.24. The van der Waals surface area contributed by atoms with Crippen LogP contribution in [0.4, 0.5) is 17.1 Å². The lowest BCUT2D eigenvalue weighted by molar-refractivity contribution is -0.384. The molecule has 1 unspecified atom stereocenters. The van der Waals surface area contributed by atoms with Gasteiger partial charge in [0.15, 0.2) is 8.32 Å². The maximum Gasteiger partial charge on any atom is 0.269 e. The van der Waals surface area contributed by atoms with Gasteiger partial charge in [0, 0.05) is 49.2 Å². The van der Waals surface area contributed by atoms with Gasteiger partial charge in [-0.3, -0.25) is 14.9 Å². The van der Waals surface area contributed by atoms with Gasteiger partial charge in [0.25, 0.3) is 11.6 Å². The van der Waals surface area contributed by atoms with Crippen molar-refractivity contribution >= 4 is 52.9 Å². The first kappa shape index (κ1) is 35.6. The summed E-state index contributed by atoms with van der Waals surface area (Å²) in [5, 5.41) is 14.4. The molecule has 1 fully saturated rings. The fourth-order valence-electron chi connectivity index (χ4n) is 4.98. The highest BCUT2D eigenvalue weighted by Gasteiger charge is 2.39. The molecule has 46 heavy (non-hydrogen) atoms. The lowest BCUT2D eigenvalue weighted by Crippen LogP contribution is -2.46. The highest BCUT2D eigenvalue weighted by Crippen LogP contribution is 2.37. The lowest BCUT2D eigenvalue weighted by atomic mass is 10.1. The molecule has 0 radical (unpaired) electrons. The van der Waals surface area contributed by atoms with Crippen molar-refractivity contribution in [2.75, 3.05) is 29.9 Å². The maximum atomic E-state index is 14.1. The van der Waals surface area contributed by atoms with E-state index in [1.165, 1.54) is 28.6 Å². The summed E-state index contributed by atoms with van der Waals surface area (Å²) in [4.78, 5) is 26.2. The zero-order chi connectivity index (χ0) is 33.9. The molecule has 0 bridgehead atoms. The molecule has 1 heterocycles. The summed E-state index contributed by atoms with van der Waals surface area (Å²) in [5.41, 5.74) is 2.07. The van der Waals surface area contributed by atoms with Gasteiger partial charge in [0.2, 0.25) is 10.0 Å².